The van der Waals surface area contributed by atoms with Crippen LogP contribution in [-0.2, 0) is 4.79 Å². The molecule has 112 valence electrons. The first-order chi connectivity index (χ1) is 10.1. The van der Waals surface area contributed by atoms with E-state index in [0.717, 1.165) is 42.7 Å². The first-order valence-electron chi connectivity index (χ1n) is 7.19. The Bertz CT molecular complexity index is 728. The number of rotatable bonds is 3. The molecule has 1 aromatic heterocycles. The zero-order chi connectivity index (χ0) is 15.0. The van der Waals surface area contributed by atoms with Gasteiger partial charge in [-0.25, -0.2) is 0 Å². The monoisotopic (exact) mass is 305 g/mol. The molecule has 1 unspecified atom stereocenters. The summed E-state index contributed by atoms with van der Waals surface area (Å²) in [7, 11) is 1.63. The first-order valence-corrected chi connectivity index (χ1v) is 7.59. The Morgan fingerprint density at radius 1 is 1.38 bits per heavy atom. The van der Waals surface area contributed by atoms with Crippen molar-refractivity contribution in [3.63, 3.8) is 0 Å². The highest BCUT2D eigenvalue weighted by Crippen LogP contribution is 2.25. The summed E-state index contributed by atoms with van der Waals surface area (Å²) >= 11 is 5.40. The van der Waals surface area contributed by atoms with Crippen LogP contribution in [0.5, 0.6) is 5.75 Å². The van der Waals surface area contributed by atoms with Crippen molar-refractivity contribution in [2.45, 2.75) is 25.8 Å². The molecule has 1 saturated heterocycles. The number of carbonyl (C=O) groups excluding carboxylic acids is 1. The maximum absolute atomic E-state index is 12.6. The number of likely N-dealkylation sites (tertiary alicyclic amines) is 1. The lowest BCUT2D eigenvalue weighted by Crippen LogP contribution is -2.34. The fraction of sp³-hybridized carbons (Fsp3) is 0.467. The van der Waals surface area contributed by atoms with Crippen LogP contribution in [0.3, 0.4) is 0 Å². The minimum Gasteiger partial charge on any atom is -0.497 e. The molecule has 1 N–H and O–H groups in total. The molecule has 1 aliphatic heterocycles. The quantitative estimate of drug-likeness (QED) is 0.887. The number of aromatic nitrogens is 2. The number of amides is 1. The van der Waals surface area contributed by atoms with Crippen molar-refractivity contribution < 1.29 is 9.53 Å². The minimum absolute atomic E-state index is 0.132. The Balaban J connectivity index is 2.03. The first kappa shape index (κ1) is 14.1. The van der Waals surface area contributed by atoms with Crippen LogP contribution >= 0.6 is 12.2 Å². The van der Waals surface area contributed by atoms with Gasteiger partial charge in [-0.05, 0) is 44.1 Å². The second-order valence-electron chi connectivity index (χ2n) is 5.39. The summed E-state index contributed by atoms with van der Waals surface area (Å²) in [5.74, 6) is 0.887. The molecule has 0 spiro atoms. The second kappa shape index (κ2) is 5.52. The van der Waals surface area contributed by atoms with Gasteiger partial charge in [-0.15, -0.1) is 0 Å². The van der Waals surface area contributed by atoms with Crippen molar-refractivity contribution >= 4 is 29.2 Å². The van der Waals surface area contributed by atoms with E-state index in [1.165, 1.54) is 0 Å². The van der Waals surface area contributed by atoms with E-state index in [9.17, 15) is 4.79 Å². The third-order valence-electron chi connectivity index (χ3n) is 4.09. The van der Waals surface area contributed by atoms with Gasteiger partial charge in [-0.2, -0.15) is 0 Å². The van der Waals surface area contributed by atoms with Crippen molar-refractivity contribution in [1.82, 2.24) is 14.5 Å². The van der Waals surface area contributed by atoms with Crippen molar-refractivity contribution in [3.05, 3.63) is 23.0 Å². The number of aromatic amines is 1. The molecule has 21 heavy (non-hydrogen) atoms. The standard InChI is InChI=1S/C15H19N3O2S/c1-10(14(19)17-7-3-4-8-17)18-13-9-11(20-2)5-6-12(13)16-15(18)21/h5-6,9-10H,3-4,7-8H2,1-2H3,(H,16,21). The topological polar surface area (TPSA) is 50.3 Å². The molecule has 1 aromatic carbocycles. The van der Waals surface area contributed by atoms with Crippen LogP contribution in [0, 0.1) is 4.77 Å². The number of hydrogen-bond donors (Lipinski definition) is 1. The number of nitrogens with zero attached hydrogens (tertiary/aromatic N) is 2. The molecule has 0 saturated carbocycles. The van der Waals surface area contributed by atoms with Crippen LogP contribution in [-0.4, -0.2) is 40.6 Å². The number of ether oxygens (including phenoxy) is 1. The van der Waals surface area contributed by atoms with Gasteiger partial charge in [-0.1, -0.05) is 0 Å². The Morgan fingerprint density at radius 2 is 2.10 bits per heavy atom. The molecular formula is C15H19N3O2S. The summed E-state index contributed by atoms with van der Waals surface area (Å²) in [4.78, 5) is 17.7. The Kier molecular flexibility index (Phi) is 3.71. The summed E-state index contributed by atoms with van der Waals surface area (Å²) in [5, 5.41) is 0. The molecule has 0 bridgehead atoms. The fourth-order valence-corrected chi connectivity index (χ4v) is 3.29. The van der Waals surface area contributed by atoms with E-state index >= 15 is 0 Å². The van der Waals surface area contributed by atoms with Gasteiger partial charge in [0.1, 0.15) is 11.8 Å². The number of imidazole rings is 1. The molecule has 1 fully saturated rings. The summed E-state index contributed by atoms with van der Waals surface area (Å²) < 4.78 is 7.72. The van der Waals surface area contributed by atoms with E-state index in [1.54, 1.807) is 7.11 Å². The van der Waals surface area contributed by atoms with Crippen LogP contribution in [0.15, 0.2) is 18.2 Å². The van der Waals surface area contributed by atoms with Crippen molar-refractivity contribution in [2.75, 3.05) is 20.2 Å². The van der Waals surface area contributed by atoms with Gasteiger partial charge in [0.25, 0.3) is 0 Å². The van der Waals surface area contributed by atoms with Crippen molar-refractivity contribution in [2.24, 2.45) is 0 Å². The van der Waals surface area contributed by atoms with Crippen molar-refractivity contribution in [3.8, 4) is 5.75 Å². The van der Waals surface area contributed by atoms with E-state index < -0.39 is 0 Å². The molecule has 6 heteroatoms. The lowest BCUT2D eigenvalue weighted by atomic mass is 10.2. The summed E-state index contributed by atoms with van der Waals surface area (Å²) in [6.07, 6.45) is 2.18. The summed E-state index contributed by atoms with van der Waals surface area (Å²) in [6.45, 7) is 3.60. The highest BCUT2D eigenvalue weighted by atomic mass is 32.1. The number of fused-ring (bicyclic) bond motifs is 1. The molecule has 1 amide bonds. The number of nitrogens with one attached hydrogen (secondary N) is 1. The Morgan fingerprint density at radius 3 is 2.76 bits per heavy atom. The van der Waals surface area contributed by atoms with E-state index in [4.69, 9.17) is 17.0 Å². The second-order valence-corrected chi connectivity index (χ2v) is 5.78. The molecule has 3 rings (SSSR count). The van der Waals surface area contributed by atoms with E-state index in [0.29, 0.717) is 4.77 Å². The lowest BCUT2D eigenvalue weighted by Gasteiger charge is -2.21. The minimum atomic E-state index is -0.309. The molecule has 2 heterocycles. The van der Waals surface area contributed by atoms with Crippen LogP contribution < -0.4 is 4.74 Å². The molecule has 5 nitrogen and oxygen atoms in total. The van der Waals surface area contributed by atoms with Crippen LogP contribution in [0.2, 0.25) is 0 Å². The van der Waals surface area contributed by atoms with Crippen molar-refractivity contribution in [1.29, 1.82) is 0 Å². The predicted octanol–water partition coefficient (Wildman–Crippen LogP) is 2.89. The average Bonchev–Trinajstić information content (AvgIpc) is 3.11. The van der Waals surface area contributed by atoms with Gasteiger partial charge in [0.05, 0.1) is 18.1 Å². The molecule has 1 atom stereocenters. The fourth-order valence-electron chi connectivity index (χ4n) is 2.92. The summed E-state index contributed by atoms with van der Waals surface area (Å²) in [5.41, 5.74) is 1.82. The van der Waals surface area contributed by atoms with Crippen LogP contribution in [0.4, 0.5) is 0 Å². The Labute approximate surface area is 128 Å². The smallest absolute Gasteiger partial charge is 0.245 e. The van der Waals surface area contributed by atoms with Gasteiger partial charge in [0.2, 0.25) is 5.91 Å². The average molecular weight is 305 g/mol. The number of carbonyl (C=O) groups is 1. The number of benzene rings is 1. The third kappa shape index (κ3) is 2.44. The molecule has 0 aliphatic carbocycles. The van der Waals surface area contributed by atoms with E-state index in [2.05, 4.69) is 4.98 Å². The summed E-state index contributed by atoms with van der Waals surface area (Å²) in [6, 6.07) is 5.41. The van der Waals surface area contributed by atoms with E-state index in [1.807, 2.05) is 34.6 Å². The SMILES string of the molecule is COc1ccc2[nH]c(=S)n(C(C)C(=O)N3CCCC3)c2c1. The van der Waals surface area contributed by atoms with Gasteiger partial charge in [0, 0.05) is 19.2 Å². The molecule has 2 aromatic rings. The van der Waals surface area contributed by atoms with Gasteiger partial charge in [0.15, 0.2) is 4.77 Å². The zero-order valence-electron chi connectivity index (χ0n) is 12.3. The normalized spacial score (nSPS) is 16.4. The van der Waals surface area contributed by atoms with Gasteiger partial charge in [-0.3, -0.25) is 4.79 Å². The maximum atomic E-state index is 12.6. The highest BCUT2D eigenvalue weighted by molar-refractivity contribution is 7.71. The van der Waals surface area contributed by atoms with Crippen LogP contribution in [0.1, 0.15) is 25.8 Å². The molecular weight excluding hydrogens is 286 g/mol. The van der Waals surface area contributed by atoms with Crippen LogP contribution in [0.25, 0.3) is 11.0 Å². The molecule has 0 radical (unpaired) electrons. The van der Waals surface area contributed by atoms with Gasteiger partial charge >= 0.3 is 0 Å². The number of methoxy groups -OCH3 is 1. The number of hydrogen-bond acceptors (Lipinski definition) is 3. The van der Waals surface area contributed by atoms with Gasteiger partial charge < -0.3 is 19.2 Å². The maximum Gasteiger partial charge on any atom is 0.245 e. The highest BCUT2D eigenvalue weighted by Gasteiger charge is 2.26. The number of H-pyrrole nitrogens is 1. The Hall–Kier alpha value is -1.82. The largest absolute Gasteiger partial charge is 0.497 e. The van der Waals surface area contributed by atoms with E-state index in [-0.39, 0.29) is 11.9 Å². The zero-order valence-corrected chi connectivity index (χ0v) is 13.1. The predicted molar refractivity (Wildman–Crippen MR) is 84.2 cm³/mol. The lowest BCUT2D eigenvalue weighted by molar-refractivity contribution is -0.133. The third-order valence-corrected chi connectivity index (χ3v) is 4.39. The molecule has 1 aliphatic rings.